The molecule has 0 N–H and O–H groups in total. The summed E-state index contributed by atoms with van der Waals surface area (Å²) in [5, 5.41) is 0. The highest BCUT2D eigenvalue weighted by atomic mass is 19.1. The first-order chi connectivity index (χ1) is 14.6. The van der Waals surface area contributed by atoms with Gasteiger partial charge in [0.05, 0.1) is 5.69 Å². The Balaban J connectivity index is 1.37. The number of halogens is 1. The van der Waals surface area contributed by atoms with Gasteiger partial charge in [0, 0.05) is 37.8 Å². The van der Waals surface area contributed by atoms with Crippen LogP contribution in [0.2, 0.25) is 0 Å². The summed E-state index contributed by atoms with van der Waals surface area (Å²) in [7, 11) is 0. The molecule has 0 radical (unpaired) electrons. The van der Waals surface area contributed by atoms with E-state index >= 15 is 0 Å². The largest absolute Gasteiger partial charge is 0.481 e. The minimum absolute atomic E-state index is 0.0202. The van der Waals surface area contributed by atoms with E-state index in [0.29, 0.717) is 31.9 Å². The molecule has 154 valence electrons. The Morgan fingerprint density at radius 3 is 2.40 bits per heavy atom. The molecule has 30 heavy (non-hydrogen) atoms. The second-order valence-electron chi connectivity index (χ2n) is 7.15. The van der Waals surface area contributed by atoms with Crippen LogP contribution >= 0.6 is 0 Å². The highest BCUT2D eigenvalue weighted by molar-refractivity contribution is 5.81. The number of carbonyl (C=O) groups is 1. The van der Waals surface area contributed by atoms with Gasteiger partial charge in [-0.1, -0.05) is 18.2 Å². The zero-order valence-corrected chi connectivity index (χ0v) is 16.7. The van der Waals surface area contributed by atoms with Crippen molar-refractivity contribution in [3.63, 3.8) is 0 Å². The molecule has 0 aliphatic carbocycles. The lowest BCUT2D eigenvalue weighted by atomic mass is 10.1. The molecule has 1 amide bonds. The summed E-state index contributed by atoms with van der Waals surface area (Å²) in [6.07, 6.45) is 0.976. The van der Waals surface area contributed by atoms with Gasteiger partial charge in [-0.3, -0.25) is 4.79 Å². The van der Waals surface area contributed by atoms with Crippen molar-refractivity contribution in [2.24, 2.45) is 0 Å². The summed E-state index contributed by atoms with van der Waals surface area (Å²) in [4.78, 5) is 25.4. The average molecular weight is 406 g/mol. The number of benzene rings is 2. The number of hydrogen-bond acceptors (Lipinski definition) is 5. The lowest BCUT2D eigenvalue weighted by Gasteiger charge is -2.36. The summed E-state index contributed by atoms with van der Waals surface area (Å²) in [5.41, 5.74) is 1.57. The van der Waals surface area contributed by atoms with Crippen molar-refractivity contribution >= 4 is 11.7 Å². The van der Waals surface area contributed by atoms with Crippen LogP contribution in [0, 0.1) is 5.82 Å². The first kappa shape index (κ1) is 19.8. The fraction of sp³-hybridized carbons (Fsp3) is 0.261. The number of amides is 1. The van der Waals surface area contributed by atoms with Gasteiger partial charge in [0.15, 0.2) is 6.10 Å². The van der Waals surface area contributed by atoms with E-state index in [1.54, 1.807) is 19.1 Å². The summed E-state index contributed by atoms with van der Waals surface area (Å²) in [6.45, 7) is 4.31. The van der Waals surface area contributed by atoms with E-state index in [1.807, 2.05) is 41.3 Å². The van der Waals surface area contributed by atoms with Crippen LogP contribution in [-0.2, 0) is 4.79 Å². The van der Waals surface area contributed by atoms with Gasteiger partial charge in [0.2, 0.25) is 0 Å². The second-order valence-corrected chi connectivity index (χ2v) is 7.15. The van der Waals surface area contributed by atoms with Gasteiger partial charge in [-0.05, 0) is 43.3 Å². The van der Waals surface area contributed by atoms with Crippen molar-refractivity contribution in [2.75, 3.05) is 31.1 Å². The maximum absolute atomic E-state index is 13.2. The molecular weight excluding hydrogens is 383 g/mol. The third-order valence-electron chi connectivity index (χ3n) is 5.11. The summed E-state index contributed by atoms with van der Waals surface area (Å²) < 4.78 is 18.9. The molecule has 0 bridgehead atoms. The third-order valence-corrected chi connectivity index (χ3v) is 5.11. The van der Waals surface area contributed by atoms with E-state index in [4.69, 9.17) is 4.74 Å². The van der Waals surface area contributed by atoms with E-state index in [-0.39, 0.29) is 11.7 Å². The van der Waals surface area contributed by atoms with Crippen LogP contribution in [0.3, 0.4) is 0 Å². The number of para-hydroxylation sites is 1. The zero-order valence-electron chi connectivity index (χ0n) is 16.7. The van der Waals surface area contributed by atoms with E-state index in [2.05, 4.69) is 14.9 Å². The van der Waals surface area contributed by atoms with Gasteiger partial charge >= 0.3 is 0 Å². The number of nitrogens with zero attached hydrogens (tertiary/aromatic N) is 4. The second kappa shape index (κ2) is 8.90. The molecule has 7 heteroatoms. The lowest BCUT2D eigenvalue weighted by Crippen LogP contribution is -2.52. The van der Waals surface area contributed by atoms with Gasteiger partial charge in [-0.25, -0.2) is 14.4 Å². The van der Waals surface area contributed by atoms with Crippen LogP contribution < -0.4 is 9.64 Å². The minimum atomic E-state index is -0.539. The van der Waals surface area contributed by atoms with Crippen LogP contribution in [0.1, 0.15) is 6.92 Å². The molecule has 4 rings (SSSR count). The highest BCUT2D eigenvalue weighted by Crippen LogP contribution is 2.22. The molecule has 2 aromatic carbocycles. The number of piperazine rings is 1. The van der Waals surface area contributed by atoms with Crippen molar-refractivity contribution < 1.29 is 13.9 Å². The van der Waals surface area contributed by atoms with Crippen LogP contribution in [-0.4, -0.2) is 53.1 Å². The molecule has 1 aliphatic heterocycles. The molecule has 3 aromatic rings. The fourth-order valence-corrected chi connectivity index (χ4v) is 3.47. The molecule has 0 saturated carbocycles. The number of aromatic nitrogens is 2. The normalized spacial score (nSPS) is 15.0. The minimum Gasteiger partial charge on any atom is -0.481 e. The summed E-state index contributed by atoms with van der Waals surface area (Å²) >= 11 is 0. The molecule has 1 saturated heterocycles. The maximum atomic E-state index is 13.2. The summed E-state index contributed by atoms with van der Waals surface area (Å²) in [5.74, 6) is 1.18. The van der Waals surface area contributed by atoms with Crippen LogP contribution in [0.25, 0.3) is 11.3 Å². The van der Waals surface area contributed by atoms with E-state index in [1.165, 1.54) is 18.5 Å². The Kier molecular flexibility index (Phi) is 5.88. The molecule has 1 aliphatic rings. The quantitative estimate of drug-likeness (QED) is 0.650. The van der Waals surface area contributed by atoms with Gasteiger partial charge in [-0.2, -0.15) is 0 Å². The van der Waals surface area contributed by atoms with Crippen molar-refractivity contribution in [2.45, 2.75) is 13.0 Å². The number of anilines is 1. The van der Waals surface area contributed by atoms with Crippen LogP contribution in [0.5, 0.6) is 5.75 Å². The Bertz CT molecular complexity index is 990. The van der Waals surface area contributed by atoms with Crippen molar-refractivity contribution in [3.05, 3.63) is 72.8 Å². The Morgan fingerprint density at radius 2 is 1.70 bits per heavy atom. The van der Waals surface area contributed by atoms with Gasteiger partial charge in [0.25, 0.3) is 5.91 Å². The number of hydrogen-bond donors (Lipinski definition) is 0. The van der Waals surface area contributed by atoms with Gasteiger partial charge in [0.1, 0.15) is 23.7 Å². The molecule has 1 aromatic heterocycles. The van der Waals surface area contributed by atoms with Gasteiger partial charge < -0.3 is 14.5 Å². The number of rotatable bonds is 5. The zero-order chi connectivity index (χ0) is 20.9. The standard InChI is InChI=1S/C23H23FN4O2/c1-17(30-20-5-3-2-4-6-20)23(29)28-13-11-27(12-14-28)22-15-21(25-16-26-22)18-7-9-19(24)10-8-18/h2-10,15-17H,11-14H2,1H3. The first-order valence-corrected chi connectivity index (χ1v) is 9.93. The van der Waals surface area contributed by atoms with Crippen LogP contribution in [0.4, 0.5) is 10.2 Å². The van der Waals surface area contributed by atoms with Crippen molar-refractivity contribution in [1.82, 2.24) is 14.9 Å². The highest BCUT2D eigenvalue weighted by Gasteiger charge is 2.26. The van der Waals surface area contributed by atoms with Crippen LogP contribution in [0.15, 0.2) is 67.0 Å². The number of ether oxygens (including phenoxy) is 1. The first-order valence-electron chi connectivity index (χ1n) is 9.93. The SMILES string of the molecule is CC(Oc1ccccc1)C(=O)N1CCN(c2cc(-c3ccc(F)cc3)ncn2)CC1. The molecule has 6 nitrogen and oxygen atoms in total. The van der Waals surface area contributed by atoms with Crippen molar-refractivity contribution in [1.29, 1.82) is 0 Å². The monoisotopic (exact) mass is 406 g/mol. The van der Waals surface area contributed by atoms with E-state index in [9.17, 15) is 9.18 Å². The Labute approximate surface area is 174 Å². The molecule has 1 unspecified atom stereocenters. The maximum Gasteiger partial charge on any atom is 0.263 e. The lowest BCUT2D eigenvalue weighted by molar-refractivity contribution is -0.138. The van der Waals surface area contributed by atoms with E-state index < -0.39 is 6.10 Å². The van der Waals surface area contributed by atoms with Crippen molar-refractivity contribution in [3.8, 4) is 17.0 Å². The molecular formula is C23H23FN4O2. The molecule has 1 atom stereocenters. The van der Waals surface area contributed by atoms with Gasteiger partial charge in [-0.15, -0.1) is 0 Å². The Hall–Kier alpha value is -3.48. The topological polar surface area (TPSA) is 58.6 Å². The predicted molar refractivity (Wildman–Crippen MR) is 113 cm³/mol. The third kappa shape index (κ3) is 4.56. The summed E-state index contributed by atoms with van der Waals surface area (Å²) in [6, 6.07) is 17.5. The molecule has 0 spiro atoms. The predicted octanol–water partition coefficient (Wildman–Crippen LogP) is 3.40. The molecule has 1 fully saturated rings. The number of carbonyl (C=O) groups excluding carboxylic acids is 1. The molecule has 2 heterocycles. The smallest absolute Gasteiger partial charge is 0.263 e. The average Bonchev–Trinajstić information content (AvgIpc) is 2.80. The Morgan fingerprint density at radius 1 is 1.00 bits per heavy atom. The fourth-order valence-electron chi connectivity index (χ4n) is 3.47. The van der Waals surface area contributed by atoms with E-state index in [0.717, 1.165) is 17.1 Å².